The molecule has 0 aliphatic carbocycles. The van der Waals surface area contributed by atoms with Crippen molar-refractivity contribution in [2.24, 2.45) is 0 Å². The quantitative estimate of drug-likeness (QED) is 0.835. The van der Waals surface area contributed by atoms with Crippen LogP contribution in [0.25, 0.3) is 10.9 Å². The van der Waals surface area contributed by atoms with Crippen molar-refractivity contribution in [3.63, 3.8) is 0 Å². The molecule has 0 spiro atoms. The van der Waals surface area contributed by atoms with Gasteiger partial charge in [0.1, 0.15) is 5.82 Å². The minimum Gasteiger partial charge on any atom is -0.358 e. The van der Waals surface area contributed by atoms with Crippen molar-refractivity contribution in [2.45, 2.75) is 19.4 Å². The summed E-state index contributed by atoms with van der Waals surface area (Å²) < 4.78 is 13.6. The summed E-state index contributed by atoms with van der Waals surface area (Å²) in [6.45, 7) is 9.43. The molecule has 4 rings (SSSR count). The fourth-order valence-corrected chi connectivity index (χ4v) is 4.25. The lowest BCUT2D eigenvalue weighted by Gasteiger charge is -2.34. The predicted molar refractivity (Wildman–Crippen MR) is 104 cm³/mol. The summed E-state index contributed by atoms with van der Waals surface area (Å²) in [7, 11) is 0. The van der Waals surface area contributed by atoms with E-state index in [1.807, 2.05) is 6.07 Å². The summed E-state index contributed by atoms with van der Waals surface area (Å²) in [4.78, 5) is 10.9. The lowest BCUT2D eigenvalue weighted by atomic mass is 10.0. The predicted octanol–water partition coefficient (Wildman–Crippen LogP) is 2.31. The SMILES string of the molecule is C#CCN1CCN(CCCN2CCc3[nH]c4ccc(F)cc4c3C2)CC1. The van der Waals surface area contributed by atoms with E-state index in [1.54, 1.807) is 6.07 Å². The number of benzene rings is 1. The zero-order valence-electron chi connectivity index (χ0n) is 15.3. The molecule has 0 bridgehead atoms. The van der Waals surface area contributed by atoms with Gasteiger partial charge in [-0.3, -0.25) is 9.80 Å². The van der Waals surface area contributed by atoms with Gasteiger partial charge < -0.3 is 9.88 Å². The molecule has 1 fully saturated rings. The minimum absolute atomic E-state index is 0.152. The molecule has 2 aromatic rings. The highest BCUT2D eigenvalue weighted by atomic mass is 19.1. The molecule has 5 heteroatoms. The van der Waals surface area contributed by atoms with Gasteiger partial charge in [0.25, 0.3) is 0 Å². The first-order valence-corrected chi connectivity index (χ1v) is 9.62. The van der Waals surface area contributed by atoms with Crippen LogP contribution >= 0.6 is 0 Å². The van der Waals surface area contributed by atoms with E-state index in [0.29, 0.717) is 0 Å². The Bertz CT molecular complexity index is 798. The van der Waals surface area contributed by atoms with Crippen molar-refractivity contribution in [2.75, 3.05) is 52.4 Å². The number of rotatable bonds is 5. The van der Waals surface area contributed by atoms with Crippen LogP contribution in [0.4, 0.5) is 4.39 Å². The van der Waals surface area contributed by atoms with Crippen LogP contribution in [0.5, 0.6) is 0 Å². The molecule has 1 aromatic carbocycles. The van der Waals surface area contributed by atoms with Crippen LogP contribution in [0.3, 0.4) is 0 Å². The average molecular weight is 354 g/mol. The second kappa shape index (κ2) is 7.79. The van der Waals surface area contributed by atoms with Gasteiger partial charge in [0, 0.05) is 62.3 Å². The highest BCUT2D eigenvalue weighted by molar-refractivity contribution is 5.84. The van der Waals surface area contributed by atoms with Crippen molar-refractivity contribution in [3.8, 4) is 12.3 Å². The second-order valence-corrected chi connectivity index (χ2v) is 7.47. The molecule has 0 radical (unpaired) electrons. The zero-order chi connectivity index (χ0) is 17.9. The molecule has 3 heterocycles. The Morgan fingerprint density at radius 3 is 2.62 bits per heavy atom. The third-order valence-corrected chi connectivity index (χ3v) is 5.74. The summed E-state index contributed by atoms with van der Waals surface area (Å²) in [6.07, 6.45) is 7.60. The van der Waals surface area contributed by atoms with Crippen molar-refractivity contribution >= 4 is 10.9 Å². The molecule has 138 valence electrons. The van der Waals surface area contributed by atoms with E-state index in [-0.39, 0.29) is 5.82 Å². The van der Waals surface area contributed by atoms with Crippen molar-refractivity contribution in [3.05, 3.63) is 35.3 Å². The number of nitrogens with one attached hydrogen (secondary N) is 1. The lowest BCUT2D eigenvalue weighted by Crippen LogP contribution is -2.47. The van der Waals surface area contributed by atoms with Crippen LogP contribution in [-0.2, 0) is 13.0 Å². The van der Waals surface area contributed by atoms with Gasteiger partial charge in [-0.05, 0) is 43.3 Å². The topological polar surface area (TPSA) is 25.5 Å². The molecular weight excluding hydrogens is 327 g/mol. The third kappa shape index (κ3) is 3.78. The molecule has 0 amide bonds. The van der Waals surface area contributed by atoms with Crippen molar-refractivity contribution in [1.29, 1.82) is 0 Å². The van der Waals surface area contributed by atoms with E-state index in [4.69, 9.17) is 6.42 Å². The van der Waals surface area contributed by atoms with E-state index in [1.165, 1.54) is 23.7 Å². The first-order chi connectivity index (χ1) is 12.7. The summed E-state index contributed by atoms with van der Waals surface area (Å²) in [5.74, 6) is 2.58. The molecular formula is C21H27FN4. The normalized spacial score (nSPS) is 19.5. The Morgan fingerprint density at radius 1 is 1.04 bits per heavy atom. The van der Waals surface area contributed by atoms with Gasteiger partial charge >= 0.3 is 0 Å². The number of aromatic amines is 1. The van der Waals surface area contributed by atoms with Gasteiger partial charge in [0.2, 0.25) is 0 Å². The first-order valence-electron chi connectivity index (χ1n) is 9.62. The lowest BCUT2D eigenvalue weighted by molar-refractivity contribution is 0.136. The zero-order valence-corrected chi connectivity index (χ0v) is 15.3. The molecule has 0 unspecified atom stereocenters. The number of aromatic nitrogens is 1. The number of hydrogen-bond donors (Lipinski definition) is 1. The van der Waals surface area contributed by atoms with Crippen LogP contribution in [0.2, 0.25) is 0 Å². The number of nitrogens with zero attached hydrogens (tertiary/aromatic N) is 3. The number of H-pyrrole nitrogens is 1. The first kappa shape index (κ1) is 17.5. The number of hydrogen-bond acceptors (Lipinski definition) is 3. The van der Waals surface area contributed by atoms with Gasteiger partial charge in [0.05, 0.1) is 6.54 Å². The molecule has 2 aliphatic heterocycles. The van der Waals surface area contributed by atoms with Crippen LogP contribution in [-0.4, -0.2) is 72.0 Å². The summed E-state index contributed by atoms with van der Waals surface area (Å²) in [5, 5.41) is 1.05. The van der Waals surface area contributed by atoms with Crippen molar-refractivity contribution < 1.29 is 4.39 Å². The van der Waals surface area contributed by atoms with E-state index in [2.05, 4.69) is 25.6 Å². The summed E-state index contributed by atoms with van der Waals surface area (Å²) in [5.41, 5.74) is 3.63. The Kier molecular flexibility index (Phi) is 5.26. The number of piperazine rings is 1. The monoisotopic (exact) mass is 354 g/mol. The fraction of sp³-hybridized carbons (Fsp3) is 0.524. The van der Waals surface area contributed by atoms with Gasteiger partial charge in [-0.1, -0.05) is 5.92 Å². The van der Waals surface area contributed by atoms with Crippen LogP contribution < -0.4 is 0 Å². The number of fused-ring (bicyclic) bond motifs is 3. The molecule has 1 N–H and O–H groups in total. The minimum atomic E-state index is -0.152. The summed E-state index contributed by atoms with van der Waals surface area (Å²) >= 11 is 0. The highest BCUT2D eigenvalue weighted by Gasteiger charge is 2.21. The molecule has 0 atom stereocenters. The van der Waals surface area contributed by atoms with Gasteiger partial charge in [-0.2, -0.15) is 0 Å². The number of halogens is 1. The fourth-order valence-electron chi connectivity index (χ4n) is 4.25. The Morgan fingerprint density at radius 2 is 1.81 bits per heavy atom. The molecule has 4 nitrogen and oxygen atoms in total. The van der Waals surface area contributed by atoms with E-state index < -0.39 is 0 Å². The smallest absolute Gasteiger partial charge is 0.123 e. The second-order valence-electron chi connectivity index (χ2n) is 7.47. The van der Waals surface area contributed by atoms with Gasteiger partial charge in [0.15, 0.2) is 0 Å². The largest absolute Gasteiger partial charge is 0.358 e. The van der Waals surface area contributed by atoms with Crippen LogP contribution in [0, 0.1) is 18.2 Å². The third-order valence-electron chi connectivity index (χ3n) is 5.74. The molecule has 2 aliphatic rings. The molecule has 1 saturated heterocycles. The standard InChI is InChI=1S/C21H27FN4/c1-2-7-24-11-13-25(14-12-24)8-3-9-26-10-6-21-19(16-26)18-15-17(22)4-5-20(18)23-21/h1,4-5,15,23H,3,6-14,16H2. The van der Waals surface area contributed by atoms with E-state index in [9.17, 15) is 4.39 Å². The molecule has 0 saturated carbocycles. The Labute approximate surface area is 154 Å². The van der Waals surface area contributed by atoms with Crippen LogP contribution in [0.1, 0.15) is 17.7 Å². The van der Waals surface area contributed by atoms with Gasteiger partial charge in [-0.15, -0.1) is 6.42 Å². The molecule has 26 heavy (non-hydrogen) atoms. The van der Waals surface area contributed by atoms with E-state index >= 15 is 0 Å². The maximum Gasteiger partial charge on any atom is 0.123 e. The highest BCUT2D eigenvalue weighted by Crippen LogP contribution is 2.28. The average Bonchev–Trinajstić information content (AvgIpc) is 3.01. The summed E-state index contributed by atoms with van der Waals surface area (Å²) in [6, 6.07) is 5.06. The maximum atomic E-state index is 13.6. The maximum absolute atomic E-state index is 13.6. The van der Waals surface area contributed by atoms with Crippen molar-refractivity contribution in [1.82, 2.24) is 19.7 Å². The Balaban J connectivity index is 1.28. The Hall–Kier alpha value is -1.87. The number of terminal acetylenes is 1. The molecule has 1 aromatic heterocycles. The van der Waals surface area contributed by atoms with Gasteiger partial charge in [-0.25, -0.2) is 4.39 Å². The van der Waals surface area contributed by atoms with E-state index in [0.717, 1.165) is 76.2 Å². The van der Waals surface area contributed by atoms with Crippen LogP contribution in [0.15, 0.2) is 18.2 Å².